The topological polar surface area (TPSA) is 0 Å². The molecule has 25 heavy (non-hydrogen) atoms. The molecule has 0 nitrogen and oxygen atoms in total. The fourth-order valence-corrected chi connectivity index (χ4v) is 17.4. The van der Waals surface area contributed by atoms with Crippen LogP contribution >= 0.6 is 0 Å². The summed E-state index contributed by atoms with van der Waals surface area (Å²) >= 11 is -3.30. The SMILES string of the molecule is C[CH]=[Zr]([CH3])([CH3])([CH]1C=Cc2c(C)cccc21)[CH]1C=Cc2c(C)cccc21. The maximum atomic E-state index is 2.65. The molecular weight excluding hydrogens is 379 g/mol. The van der Waals surface area contributed by atoms with Crippen LogP contribution in [-0.4, -0.2) is 3.71 Å². The Morgan fingerprint density at radius 2 is 1.20 bits per heavy atom. The Bertz CT molecular complexity index is 921. The van der Waals surface area contributed by atoms with E-state index in [2.05, 4.69) is 94.4 Å². The minimum absolute atomic E-state index is 0.586. The molecule has 0 amide bonds. The summed E-state index contributed by atoms with van der Waals surface area (Å²) in [6.45, 7) is 6.81. The Morgan fingerprint density at radius 3 is 1.60 bits per heavy atom. The predicted octanol–water partition coefficient (Wildman–Crippen LogP) is 6.75. The molecule has 0 saturated heterocycles. The van der Waals surface area contributed by atoms with Crippen molar-refractivity contribution in [2.45, 2.75) is 37.3 Å². The van der Waals surface area contributed by atoms with E-state index < -0.39 is 18.3 Å². The van der Waals surface area contributed by atoms with Gasteiger partial charge in [0.25, 0.3) is 0 Å². The zero-order valence-electron chi connectivity index (χ0n) is 16.0. The fourth-order valence-electron chi connectivity index (χ4n) is 5.14. The van der Waals surface area contributed by atoms with Crippen molar-refractivity contribution in [3.05, 3.63) is 81.9 Å². The van der Waals surface area contributed by atoms with Crippen molar-refractivity contribution in [2.24, 2.45) is 0 Å². The second kappa shape index (κ2) is 5.58. The first-order valence-electron chi connectivity index (χ1n) is 9.42. The molecule has 0 spiro atoms. The number of hydrogen-bond donors (Lipinski definition) is 0. The van der Waals surface area contributed by atoms with Crippen LogP contribution in [0, 0.1) is 13.8 Å². The molecule has 2 aliphatic rings. The van der Waals surface area contributed by atoms with Gasteiger partial charge in [0.2, 0.25) is 0 Å². The van der Waals surface area contributed by atoms with Gasteiger partial charge in [-0.05, 0) is 0 Å². The molecule has 0 aromatic heterocycles. The first-order valence-corrected chi connectivity index (χ1v) is 18.6. The summed E-state index contributed by atoms with van der Waals surface area (Å²) in [5, 5.41) is 0. The van der Waals surface area contributed by atoms with Crippen molar-refractivity contribution < 1.29 is 18.3 Å². The summed E-state index contributed by atoms with van der Waals surface area (Å²) in [5.41, 5.74) is 8.85. The van der Waals surface area contributed by atoms with Crippen LogP contribution in [0.4, 0.5) is 0 Å². The van der Waals surface area contributed by atoms with Gasteiger partial charge in [-0.3, -0.25) is 0 Å². The standard InChI is InChI=1S/2C10H9.C2H4.2CH3.Zr/c2*1-8-4-2-5-9-6-3-7-10(8)9;1-2;;;/h2*2-7H,1H3;1H,2H3;2*1H3;. The quantitative estimate of drug-likeness (QED) is 0.516. The summed E-state index contributed by atoms with van der Waals surface area (Å²) in [6.07, 6.45) is 9.80. The van der Waals surface area contributed by atoms with Crippen LogP contribution in [0.5, 0.6) is 0 Å². The zero-order valence-corrected chi connectivity index (χ0v) is 18.5. The molecule has 2 unspecified atom stereocenters. The van der Waals surface area contributed by atoms with Gasteiger partial charge in [0, 0.05) is 0 Å². The van der Waals surface area contributed by atoms with Crippen LogP contribution in [0.15, 0.2) is 48.6 Å². The third-order valence-corrected chi connectivity index (χ3v) is 23.8. The van der Waals surface area contributed by atoms with Gasteiger partial charge in [-0.1, -0.05) is 0 Å². The van der Waals surface area contributed by atoms with Crippen LogP contribution in [0.3, 0.4) is 0 Å². The maximum absolute atomic E-state index is 3.30. The van der Waals surface area contributed by atoms with E-state index in [1.165, 1.54) is 22.3 Å². The van der Waals surface area contributed by atoms with Gasteiger partial charge in [-0.2, -0.15) is 0 Å². The summed E-state index contributed by atoms with van der Waals surface area (Å²) in [5.74, 6) is 0. The van der Waals surface area contributed by atoms with Crippen molar-refractivity contribution >= 4 is 15.9 Å². The van der Waals surface area contributed by atoms with E-state index in [0.717, 1.165) is 0 Å². The normalized spacial score (nSPS) is 21.4. The van der Waals surface area contributed by atoms with E-state index in [1.807, 2.05) is 0 Å². The van der Waals surface area contributed by atoms with Crippen LogP contribution in [0.2, 0.25) is 9.26 Å². The molecule has 4 rings (SSSR count). The van der Waals surface area contributed by atoms with E-state index in [4.69, 9.17) is 0 Å². The van der Waals surface area contributed by atoms with Crippen molar-refractivity contribution in [3.8, 4) is 0 Å². The van der Waals surface area contributed by atoms with Gasteiger partial charge in [0.05, 0.1) is 0 Å². The number of fused-ring (bicyclic) bond motifs is 2. The average molecular weight is 408 g/mol. The van der Waals surface area contributed by atoms with Crippen LogP contribution in [0.1, 0.15) is 47.6 Å². The van der Waals surface area contributed by atoms with Crippen molar-refractivity contribution in [1.82, 2.24) is 0 Å². The molecule has 0 fully saturated rings. The van der Waals surface area contributed by atoms with E-state index in [-0.39, 0.29) is 0 Å². The molecule has 0 N–H and O–H groups in total. The molecular formula is C24H28Zr. The number of rotatable bonds is 2. The first-order chi connectivity index (χ1) is 11.9. The Morgan fingerprint density at radius 1 is 0.760 bits per heavy atom. The van der Waals surface area contributed by atoms with Gasteiger partial charge in [-0.15, -0.1) is 0 Å². The molecule has 128 valence electrons. The predicted molar refractivity (Wildman–Crippen MR) is 109 cm³/mol. The van der Waals surface area contributed by atoms with Gasteiger partial charge >= 0.3 is 153 Å². The van der Waals surface area contributed by atoms with Crippen molar-refractivity contribution in [2.75, 3.05) is 0 Å². The number of aryl methyl sites for hydroxylation is 2. The third kappa shape index (κ3) is 2.32. The average Bonchev–Trinajstić information content (AvgIpc) is 3.21. The number of benzene rings is 2. The second-order valence-corrected chi connectivity index (χ2v) is 26.8. The third-order valence-electron chi connectivity index (χ3n) is 7.17. The van der Waals surface area contributed by atoms with Gasteiger partial charge in [0.15, 0.2) is 0 Å². The molecule has 0 heterocycles. The van der Waals surface area contributed by atoms with E-state index >= 15 is 0 Å². The fraction of sp³-hybridized carbons (Fsp3) is 0.292. The van der Waals surface area contributed by atoms with Gasteiger partial charge in [0.1, 0.15) is 0 Å². The second-order valence-electron chi connectivity index (χ2n) is 8.85. The number of allylic oxidation sites excluding steroid dienone is 2. The van der Waals surface area contributed by atoms with Crippen molar-refractivity contribution in [1.29, 1.82) is 0 Å². The molecule has 2 aromatic rings. The van der Waals surface area contributed by atoms with Crippen LogP contribution in [0.25, 0.3) is 12.2 Å². The monoisotopic (exact) mass is 406 g/mol. The zero-order chi connectivity index (χ0) is 17.8. The Kier molecular flexibility index (Phi) is 3.82. The Hall–Kier alpha value is -1.33. The summed E-state index contributed by atoms with van der Waals surface area (Å²) < 4.78 is 9.13. The molecule has 2 aromatic carbocycles. The summed E-state index contributed by atoms with van der Waals surface area (Å²) in [4.78, 5) is 0. The molecule has 2 aliphatic carbocycles. The van der Waals surface area contributed by atoms with Gasteiger partial charge in [-0.25, -0.2) is 0 Å². The Labute approximate surface area is 152 Å². The molecule has 1 heteroatoms. The molecule has 2 atom stereocenters. The van der Waals surface area contributed by atoms with E-state index in [1.54, 1.807) is 11.1 Å². The first kappa shape index (κ1) is 17.1. The minimum atomic E-state index is -3.30. The van der Waals surface area contributed by atoms with Crippen LogP contribution < -0.4 is 0 Å². The number of hydrogen-bond acceptors (Lipinski definition) is 0. The van der Waals surface area contributed by atoms with E-state index in [0.29, 0.717) is 7.25 Å². The molecule has 0 aliphatic heterocycles. The molecule has 0 radical (unpaired) electrons. The summed E-state index contributed by atoms with van der Waals surface area (Å²) in [7, 11) is 0. The van der Waals surface area contributed by atoms with Gasteiger partial charge < -0.3 is 0 Å². The van der Waals surface area contributed by atoms with Crippen molar-refractivity contribution in [3.63, 3.8) is 0 Å². The molecule has 0 saturated carbocycles. The molecule has 0 bridgehead atoms. The Balaban J connectivity index is 1.93. The van der Waals surface area contributed by atoms with Crippen LogP contribution in [-0.2, 0) is 18.3 Å². The van der Waals surface area contributed by atoms with E-state index in [9.17, 15) is 0 Å². The summed E-state index contributed by atoms with van der Waals surface area (Å²) in [6, 6.07) is 13.7.